The molecule has 3 heteroatoms. The molecular formula is C15H16O3. The van der Waals surface area contributed by atoms with E-state index < -0.39 is 5.60 Å². The maximum absolute atomic E-state index is 11.6. The first-order valence-corrected chi connectivity index (χ1v) is 6.00. The molecule has 3 nitrogen and oxygen atoms in total. The summed E-state index contributed by atoms with van der Waals surface area (Å²) in [5, 5.41) is 9.89. The van der Waals surface area contributed by atoms with Gasteiger partial charge < -0.3 is 9.84 Å². The molecule has 0 aliphatic heterocycles. The summed E-state index contributed by atoms with van der Waals surface area (Å²) in [6.45, 7) is 3.80. The largest absolute Gasteiger partial charge is 0.462 e. The smallest absolute Gasteiger partial charge is 0.338 e. The van der Waals surface area contributed by atoms with Gasteiger partial charge in [0.05, 0.1) is 17.8 Å². The van der Waals surface area contributed by atoms with Gasteiger partial charge in [-0.15, -0.1) is 5.73 Å². The first-order chi connectivity index (χ1) is 8.65. The van der Waals surface area contributed by atoms with Crippen LogP contribution < -0.4 is 0 Å². The lowest BCUT2D eigenvalue weighted by atomic mass is 10.1. The van der Waals surface area contributed by atoms with E-state index in [1.165, 1.54) is 0 Å². The van der Waals surface area contributed by atoms with Crippen LogP contribution in [0.3, 0.4) is 0 Å². The zero-order chi connectivity index (χ0) is 13.0. The molecule has 1 aliphatic rings. The molecule has 0 saturated heterocycles. The van der Waals surface area contributed by atoms with Crippen molar-refractivity contribution >= 4 is 5.97 Å². The van der Waals surface area contributed by atoms with Crippen LogP contribution in [0.4, 0.5) is 0 Å². The average Bonchev–Trinajstić information content (AvgIpc) is 3.14. The van der Waals surface area contributed by atoms with E-state index >= 15 is 0 Å². The summed E-state index contributed by atoms with van der Waals surface area (Å²) in [5.41, 5.74) is 3.28. The normalized spacial score (nSPS) is 15.6. The summed E-state index contributed by atoms with van der Waals surface area (Å²) in [5.74, 6) is -0.346. The van der Waals surface area contributed by atoms with Crippen molar-refractivity contribution in [2.45, 2.75) is 24.9 Å². The van der Waals surface area contributed by atoms with Crippen molar-refractivity contribution in [3.8, 4) is 0 Å². The molecule has 1 aliphatic carbocycles. The van der Waals surface area contributed by atoms with Gasteiger partial charge in [0.1, 0.15) is 0 Å². The summed E-state index contributed by atoms with van der Waals surface area (Å²) in [6, 6.07) is 8.84. The SMILES string of the molecule is C=C=C(CCOC(=O)c1ccccc1)C1(O)CC1. The highest BCUT2D eigenvalue weighted by molar-refractivity contribution is 5.89. The van der Waals surface area contributed by atoms with Crippen LogP contribution >= 0.6 is 0 Å². The number of hydrogen-bond acceptors (Lipinski definition) is 3. The minimum atomic E-state index is -0.735. The summed E-state index contributed by atoms with van der Waals surface area (Å²) in [7, 11) is 0. The quantitative estimate of drug-likeness (QED) is 0.639. The molecule has 0 unspecified atom stereocenters. The van der Waals surface area contributed by atoms with E-state index in [-0.39, 0.29) is 12.6 Å². The fourth-order valence-electron chi connectivity index (χ4n) is 1.81. The number of benzene rings is 1. The highest BCUT2D eigenvalue weighted by Crippen LogP contribution is 2.42. The number of ether oxygens (including phenoxy) is 1. The molecule has 0 spiro atoms. The summed E-state index contributed by atoms with van der Waals surface area (Å²) >= 11 is 0. The molecule has 0 atom stereocenters. The fourth-order valence-corrected chi connectivity index (χ4v) is 1.81. The third-order valence-corrected chi connectivity index (χ3v) is 3.09. The second-order valence-electron chi connectivity index (χ2n) is 4.44. The van der Waals surface area contributed by atoms with Crippen molar-refractivity contribution in [2.24, 2.45) is 0 Å². The standard InChI is InChI=1S/C15H16O3/c1-2-13(15(17)9-10-15)8-11-18-14(16)12-6-4-3-5-7-12/h3-7,17H,1,8-11H2. The topological polar surface area (TPSA) is 46.5 Å². The number of rotatable bonds is 5. The van der Waals surface area contributed by atoms with Gasteiger partial charge in [-0.25, -0.2) is 4.79 Å². The van der Waals surface area contributed by atoms with Gasteiger partial charge in [-0.05, 0) is 25.0 Å². The molecule has 0 heterocycles. The number of esters is 1. The maximum atomic E-state index is 11.6. The molecular weight excluding hydrogens is 228 g/mol. The zero-order valence-corrected chi connectivity index (χ0v) is 10.2. The molecule has 0 radical (unpaired) electrons. The van der Waals surface area contributed by atoms with Gasteiger partial charge in [0, 0.05) is 12.0 Å². The lowest BCUT2D eigenvalue weighted by Crippen LogP contribution is -2.14. The molecule has 1 aromatic rings. The summed E-state index contributed by atoms with van der Waals surface area (Å²) < 4.78 is 5.14. The Bertz CT molecular complexity index is 480. The van der Waals surface area contributed by atoms with Gasteiger partial charge in [-0.3, -0.25) is 0 Å². The molecule has 1 fully saturated rings. The monoisotopic (exact) mass is 244 g/mol. The Hall–Kier alpha value is -1.83. The minimum absolute atomic E-state index is 0.244. The van der Waals surface area contributed by atoms with Crippen LogP contribution in [0.25, 0.3) is 0 Å². The number of hydrogen-bond donors (Lipinski definition) is 1. The van der Waals surface area contributed by atoms with Crippen molar-refractivity contribution in [1.82, 2.24) is 0 Å². The van der Waals surface area contributed by atoms with Crippen molar-refractivity contribution in [3.63, 3.8) is 0 Å². The van der Waals surface area contributed by atoms with E-state index in [4.69, 9.17) is 4.74 Å². The Labute approximate surface area is 106 Å². The summed E-state index contributed by atoms with van der Waals surface area (Å²) in [6.07, 6.45) is 1.98. The van der Waals surface area contributed by atoms with Gasteiger partial charge in [-0.1, -0.05) is 24.8 Å². The number of aliphatic hydroxyl groups is 1. The van der Waals surface area contributed by atoms with Crippen LogP contribution in [-0.2, 0) is 4.74 Å². The molecule has 1 saturated carbocycles. The predicted octanol–water partition coefficient (Wildman–Crippen LogP) is 2.47. The van der Waals surface area contributed by atoms with Crippen LogP contribution in [0.2, 0.25) is 0 Å². The van der Waals surface area contributed by atoms with E-state index in [9.17, 15) is 9.90 Å². The van der Waals surface area contributed by atoms with Crippen LogP contribution in [-0.4, -0.2) is 23.3 Å². The van der Waals surface area contributed by atoms with Crippen molar-refractivity contribution < 1.29 is 14.6 Å². The maximum Gasteiger partial charge on any atom is 0.338 e. The van der Waals surface area contributed by atoms with Crippen molar-refractivity contribution in [3.05, 3.63) is 53.8 Å². The highest BCUT2D eigenvalue weighted by Gasteiger charge is 2.43. The molecule has 0 aromatic heterocycles. The molecule has 1 N–H and O–H groups in total. The van der Waals surface area contributed by atoms with E-state index in [1.54, 1.807) is 24.3 Å². The molecule has 0 amide bonds. The molecule has 18 heavy (non-hydrogen) atoms. The van der Waals surface area contributed by atoms with Gasteiger partial charge in [0.25, 0.3) is 0 Å². The molecule has 94 valence electrons. The molecule has 2 rings (SSSR count). The Morgan fingerprint density at radius 2 is 2.06 bits per heavy atom. The lowest BCUT2D eigenvalue weighted by Gasteiger charge is -2.11. The molecule has 1 aromatic carbocycles. The van der Waals surface area contributed by atoms with Crippen LogP contribution in [0.5, 0.6) is 0 Å². The van der Waals surface area contributed by atoms with E-state index in [0.717, 1.165) is 18.4 Å². The first-order valence-electron chi connectivity index (χ1n) is 6.00. The second-order valence-corrected chi connectivity index (χ2v) is 4.44. The zero-order valence-electron chi connectivity index (χ0n) is 10.2. The Kier molecular flexibility index (Phi) is 3.66. The molecule has 0 bridgehead atoms. The minimum Gasteiger partial charge on any atom is -0.462 e. The highest BCUT2D eigenvalue weighted by atomic mass is 16.5. The third kappa shape index (κ3) is 2.89. The Morgan fingerprint density at radius 3 is 2.61 bits per heavy atom. The third-order valence-electron chi connectivity index (χ3n) is 3.09. The van der Waals surface area contributed by atoms with Crippen molar-refractivity contribution in [1.29, 1.82) is 0 Å². The second kappa shape index (κ2) is 5.21. The van der Waals surface area contributed by atoms with Crippen LogP contribution in [0, 0.1) is 0 Å². The predicted molar refractivity (Wildman–Crippen MR) is 68.2 cm³/mol. The lowest BCUT2D eigenvalue weighted by molar-refractivity contribution is 0.0499. The Morgan fingerprint density at radius 1 is 1.39 bits per heavy atom. The number of carbonyl (C=O) groups is 1. The average molecular weight is 244 g/mol. The van der Waals surface area contributed by atoms with Crippen LogP contribution in [0.15, 0.2) is 48.2 Å². The number of carbonyl (C=O) groups excluding carboxylic acids is 1. The fraction of sp³-hybridized carbons (Fsp3) is 0.333. The van der Waals surface area contributed by atoms with Gasteiger partial charge in [0.2, 0.25) is 0 Å². The van der Waals surface area contributed by atoms with Gasteiger partial charge in [0.15, 0.2) is 0 Å². The van der Waals surface area contributed by atoms with Gasteiger partial charge >= 0.3 is 5.97 Å². The Balaban J connectivity index is 1.82. The van der Waals surface area contributed by atoms with Crippen LogP contribution in [0.1, 0.15) is 29.6 Å². The first kappa shape index (κ1) is 12.6. The van der Waals surface area contributed by atoms with E-state index in [0.29, 0.717) is 12.0 Å². The van der Waals surface area contributed by atoms with Gasteiger partial charge in [-0.2, -0.15) is 0 Å². The van der Waals surface area contributed by atoms with Crippen molar-refractivity contribution in [2.75, 3.05) is 6.61 Å². The summed E-state index contributed by atoms with van der Waals surface area (Å²) in [4.78, 5) is 11.6. The van der Waals surface area contributed by atoms with E-state index in [2.05, 4.69) is 12.3 Å². The van der Waals surface area contributed by atoms with E-state index in [1.807, 2.05) is 6.07 Å².